The van der Waals surface area contributed by atoms with E-state index in [1.807, 2.05) is 0 Å². The molecule has 84 valence electrons. The minimum atomic E-state index is -0.310. The van der Waals surface area contributed by atoms with Gasteiger partial charge in [-0.2, -0.15) is 0 Å². The Kier molecular flexibility index (Phi) is 3.04. The number of ether oxygens (including phenoxy) is 4. The molecule has 0 amide bonds. The standard InChI is InChI=1S/C10H14O5/c1-12-5-14-7-3-6(10(11)13-2)4-8-9(7)15-8/h3,7-9H,4-5H2,1-2H3/t7-,8+,9-/m1/s1. The Balaban J connectivity index is 2.00. The van der Waals surface area contributed by atoms with Crippen molar-refractivity contribution in [3.63, 3.8) is 0 Å². The zero-order chi connectivity index (χ0) is 10.8. The minimum absolute atomic E-state index is 0.0774. The molecule has 0 aromatic carbocycles. The van der Waals surface area contributed by atoms with Gasteiger partial charge in [0.1, 0.15) is 19.0 Å². The topological polar surface area (TPSA) is 57.3 Å². The zero-order valence-electron chi connectivity index (χ0n) is 8.76. The lowest BCUT2D eigenvalue weighted by molar-refractivity contribution is -0.136. The molecule has 0 spiro atoms. The van der Waals surface area contributed by atoms with E-state index in [1.54, 1.807) is 13.2 Å². The van der Waals surface area contributed by atoms with E-state index in [4.69, 9.17) is 14.2 Å². The third kappa shape index (κ3) is 2.19. The van der Waals surface area contributed by atoms with Crippen molar-refractivity contribution in [3.05, 3.63) is 11.6 Å². The molecule has 1 heterocycles. The lowest BCUT2D eigenvalue weighted by Gasteiger charge is -2.16. The SMILES string of the molecule is COCO[C@@H]1C=C(C(=O)OC)C[C@@H]2O[C@@H]21. The van der Waals surface area contributed by atoms with E-state index in [2.05, 4.69) is 4.74 Å². The summed E-state index contributed by atoms with van der Waals surface area (Å²) in [6.45, 7) is 0.197. The van der Waals surface area contributed by atoms with Gasteiger partial charge in [0.05, 0.1) is 13.2 Å². The lowest BCUT2D eigenvalue weighted by atomic mass is 9.97. The predicted octanol–water partition coefficient (Wildman–Crippen LogP) is 0.246. The monoisotopic (exact) mass is 214 g/mol. The quantitative estimate of drug-likeness (QED) is 0.381. The number of methoxy groups -OCH3 is 2. The van der Waals surface area contributed by atoms with E-state index in [0.717, 1.165) is 0 Å². The predicted molar refractivity (Wildman–Crippen MR) is 50.1 cm³/mol. The van der Waals surface area contributed by atoms with Crippen molar-refractivity contribution < 1.29 is 23.7 Å². The molecule has 0 aromatic heterocycles. The summed E-state index contributed by atoms with van der Waals surface area (Å²) in [6, 6.07) is 0. The molecule has 1 aliphatic carbocycles. The second-order valence-corrected chi connectivity index (χ2v) is 3.56. The van der Waals surface area contributed by atoms with Gasteiger partial charge in [-0.05, 0) is 6.08 Å². The van der Waals surface area contributed by atoms with E-state index < -0.39 is 0 Å². The van der Waals surface area contributed by atoms with Crippen LogP contribution in [0.3, 0.4) is 0 Å². The fourth-order valence-corrected chi connectivity index (χ4v) is 1.76. The van der Waals surface area contributed by atoms with Gasteiger partial charge in [0, 0.05) is 19.1 Å². The maximum Gasteiger partial charge on any atom is 0.333 e. The van der Waals surface area contributed by atoms with Crippen LogP contribution in [0, 0.1) is 0 Å². The van der Waals surface area contributed by atoms with Crippen LogP contribution in [0.4, 0.5) is 0 Å². The molecule has 2 aliphatic rings. The second kappa shape index (κ2) is 4.30. The first kappa shape index (κ1) is 10.6. The molecule has 5 heteroatoms. The number of rotatable bonds is 4. The first-order valence-electron chi connectivity index (χ1n) is 4.81. The molecule has 1 fully saturated rings. The van der Waals surface area contributed by atoms with Crippen molar-refractivity contribution in [3.8, 4) is 0 Å². The molecule has 0 unspecified atom stereocenters. The average molecular weight is 214 g/mol. The van der Waals surface area contributed by atoms with Gasteiger partial charge in [-0.15, -0.1) is 0 Å². The number of esters is 1. The van der Waals surface area contributed by atoms with Gasteiger partial charge in [0.25, 0.3) is 0 Å². The van der Waals surface area contributed by atoms with Gasteiger partial charge in [-0.3, -0.25) is 0 Å². The number of carbonyl (C=O) groups excluding carboxylic acids is 1. The highest BCUT2D eigenvalue weighted by atomic mass is 16.7. The fourth-order valence-electron chi connectivity index (χ4n) is 1.76. The van der Waals surface area contributed by atoms with Crippen molar-refractivity contribution in [2.45, 2.75) is 24.7 Å². The Morgan fingerprint density at radius 1 is 1.60 bits per heavy atom. The molecule has 3 atom stereocenters. The smallest absolute Gasteiger partial charge is 0.333 e. The molecule has 0 N–H and O–H groups in total. The van der Waals surface area contributed by atoms with Crippen LogP contribution >= 0.6 is 0 Å². The molecule has 0 radical (unpaired) electrons. The largest absolute Gasteiger partial charge is 0.466 e. The molecule has 0 saturated carbocycles. The Morgan fingerprint density at radius 2 is 2.40 bits per heavy atom. The summed E-state index contributed by atoms with van der Waals surface area (Å²) in [7, 11) is 2.92. The van der Waals surface area contributed by atoms with E-state index in [0.29, 0.717) is 12.0 Å². The molecule has 0 bridgehead atoms. The van der Waals surface area contributed by atoms with E-state index in [1.165, 1.54) is 7.11 Å². The summed E-state index contributed by atoms with van der Waals surface area (Å²) in [4.78, 5) is 11.3. The highest BCUT2D eigenvalue weighted by Gasteiger charge is 2.49. The normalized spacial score (nSPS) is 32.9. The molecule has 15 heavy (non-hydrogen) atoms. The molecular formula is C10H14O5. The molecule has 5 nitrogen and oxygen atoms in total. The second-order valence-electron chi connectivity index (χ2n) is 3.56. The van der Waals surface area contributed by atoms with E-state index in [9.17, 15) is 4.79 Å². The summed E-state index contributed by atoms with van der Waals surface area (Å²) >= 11 is 0. The first-order valence-corrected chi connectivity index (χ1v) is 4.81. The van der Waals surface area contributed by atoms with Crippen LogP contribution in [0.2, 0.25) is 0 Å². The first-order chi connectivity index (χ1) is 7.26. The van der Waals surface area contributed by atoms with Gasteiger partial charge in [-0.1, -0.05) is 0 Å². The molecular weight excluding hydrogens is 200 g/mol. The van der Waals surface area contributed by atoms with Crippen molar-refractivity contribution in [2.75, 3.05) is 21.0 Å². The van der Waals surface area contributed by atoms with E-state index in [-0.39, 0.29) is 31.1 Å². The number of epoxide rings is 1. The Hall–Kier alpha value is -0.910. The van der Waals surface area contributed by atoms with Crippen LogP contribution in [0.5, 0.6) is 0 Å². The van der Waals surface area contributed by atoms with Crippen molar-refractivity contribution in [1.82, 2.24) is 0 Å². The van der Waals surface area contributed by atoms with Gasteiger partial charge in [-0.25, -0.2) is 4.79 Å². The average Bonchev–Trinajstić information content (AvgIpc) is 3.03. The summed E-state index contributed by atoms with van der Waals surface area (Å²) in [5.41, 5.74) is 0.623. The highest BCUT2D eigenvalue weighted by Crippen LogP contribution is 2.37. The lowest BCUT2D eigenvalue weighted by Crippen LogP contribution is -2.26. The third-order valence-corrected chi connectivity index (χ3v) is 2.56. The van der Waals surface area contributed by atoms with Crippen molar-refractivity contribution >= 4 is 5.97 Å². The molecule has 1 saturated heterocycles. The Labute approximate surface area is 87.9 Å². The third-order valence-electron chi connectivity index (χ3n) is 2.56. The maximum atomic E-state index is 11.3. The summed E-state index contributed by atoms with van der Waals surface area (Å²) in [6.07, 6.45) is 2.36. The van der Waals surface area contributed by atoms with Gasteiger partial charge < -0.3 is 18.9 Å². The maximum absolute atomic E-state index is 11.3. The van der Waals surface area contributed by atoms with Gasteiger partial charge in [0.15, 0.2) is 0 Å². The number of hydrogen-bond donors (Lipinski definition) is 0. The van der Waals surface area contributed by atoms with Crippen LogP contribution in [-0.2, 0) is 23.7 Å². The molecule has 1 aliphatic heterocycles. The summed E-state index contributed by atoms with van der Waals surface area (Å²) < 4.78 is 20.2. The number of fused-ring (bicyclic) bond motifs is 1. The van der Waals surface area contributed by atoms with Crippen LogP contribution in [-0.4, -0.2) is 45.3 Å². The van der Waals surface area contributed by atoms with Crippen LogP contribution < -0.4 is 0 Å². The summed E-state index contributed by atoms with van der Waals surface area (Å²) in [5.74, 6) is -0.310. The minimum Gasteiger partial charge on any atom is -0.466 e. The van der Waals surface area contributed by atoms with E-state index >= 15 is 0 Å². The van der Waals surface area contributed by atoms with Crippen LogP contribution in [0.25, 0.3) is 0 Å². The number of hydrogen-bond acceptors (Lipinski definition) is 5. The zero-order valence-corrected chi connectivity index (χ0v) is 8.76. The van der Waals surface area contributed by atoms with Crippen LogP contribution in [0.15, 0.2) is 11.6 Å². The summed E-state index contributed by atoms with van der Waals surface area (Å²) in [5, 5.41) is 0. The Bertz CT molecular complexity index is 286. The van der Waals surface area contributed by atoms with Crippen LogP contribution in [0.1, 0.15) is 6.42 Å². The fraction of sp³-hybridized carbons (Fsp3) is 0.700. The highest BCUT2D eigenvalue weighted by molar-refractivity contribution is 5.89. The van der Waals surface area contributed by atoms with Crippen molar-refractivity contribution in [1.29, 1.82) is 0 Å². The van der Waals surface area contributed by atoms with Gasteiger partial charge >= 0.3 is 5.97 Å². The Morgan fingerprint density at radius 3 is 3.07 bits per heavy atom. The van der Waals surface area contributed by atoms with Crippen molar-refractivity contribution in [2.24, 2.45) is 0 Å². The number of carbonyl (C=O) groups is 1. The molecule has 0 aromatic rings. The molecule has 2 rings (SSSR count). The van der Waals surface area contributed by atoms with Gasteiger partial charge in [0.2, 0.25) is 0 Å².